The van der Waals surface area contributed by atoms with Gasteiger partial charge in [-0.15, -0.1) is 0 Å². The van der Waals surface area contributed by atoms with Crippen molar-refractivity contribution >= 4 is 23.5 Å². The van der Waals surface area contributed by atoms with E-state index in [1.165, 1.54) is 7.11 Å². The van der Waals surface area contributed by atoms with Crippen molar-refractivity contribution in [2.45, 2.75) is 31.5 Å². The molecule has 2 heterocycles. The average Bonchev–Trinajstić information content (AvgIpc) is 2.60. The molecule has 1 amide bonds. The van der Waals surface area contributed by atoms with Crippen molar-refractivity contribution in [1.82, 2.24) is 15.6 Å². The fraction of sp³-hybridized carbons (Fsp3) is 0.562. The summed E-state index contributed by atoms with van der Waals surface area (Å²) >= 11 is 5.95. The molecule has 1 aromatic heterocycles. The Hall–Kier alpha value is -1.87. The standard InChI is InChI=1S/C16H19ClF3N3O3/c1-26-13(24)6-12(23-15(25)9-3-2-4-21-7-9)14-11(17)5-10(8-22-14)16(18,19)20/h5,8-9,12,21H,2-4,6-7H2,1H3,(H,23,25)/t9-,12+/m1/s1. The molecule has 6 nitrogen and oxygen atoms in total. The molecule has 0 aromatic carbocycles. The number of piperidine rings is 1. The van der Waals surface area contributed by atoms with E-state index in [0.717, 1.165) is 19.0 Å². The summed E-state index contributed by atoms with van der Waals surface area (Å²) in [5.74, 6) is -1.25. The number of rotatable bonds is 5. The summed E-state index contributed by atoms with van der Waals surface area (Å²) in [6, 6.07) is -0.255. The Kier molecular flexibility index (Phi) is 6.82. The molecule has 2 atom stereocenters. The molecule has 10 heteroatoms. The number of nitrogens with one attached hydrogen (secondary N) is 2. The summed E-state index contributed by atoms with van der Waals surface area (Å²) in [7, 11) is 1.17. The molecule has 1 aliphatic rings. The molecular weight excluding hydrogens is 375 g/mol. The van der Waals surface area contributed by atoms with E-state index in [-0.39, 0.29) is 29.0 Å². The van der Waals surface area contributed by atoms with Crippen molar-refractivity contribution in [3.63, 3.8) is 0 Å². The number of esters is 1. The van der Waals surface area contributed by atoms with Gasteiger partial charge in [0.05, 0.1) is 41.8 Å². The lowest BCUT2D eigenvalue weighted by Gasteiger charge is -2.25. The second-order valence-electron chi connectivity index (χ2n) is 5.97. The smallest absolute Gasteiger partial charge is 0.417 e. The van der Waals surface area contributed by atoms with Crippen LogP contribution in [0.4, 0.5) is 13.2 Å². The van der Waals surface area contributed by atoms with Gasteiger partial charge in [0, 0.05) is 12.7 Å². The summed E-state index contributed by atoms with van der Waals surface area (Å²) in [4.78, 5) is 27.8. The molecule has 26 heavy (non-hydrogen) atoms. The van der Waals surface area contributed by atoms with Gasteiger partial charge in [-0.1, -0.05) is 11.6 Å². The molecule has 0 radical (unpaired) electrons. The number of hydrogen-bond acceptors (Lipinski definition) is 5. The molecule has 1 saturated heterocycles. The van der Waals surface area contributed by atoms with E-state index in [9.17, 15) is 22.8 Å². The average molecular weight is 394 g/mol. The number of amides is 1. The molecular formula is C16H19ClF3N3O3. The number of ether oxygens (including phenoxy) is 1. The Morgan fingerprint density at radius 3 is 2.77 bits per heavy atom. The van der Waals surface area contributed by atoms with E-state index in [1.807, 2.05) is 0 Å². The van der Waals surface area contributed by atoms with Gasteiger partial charge in [0.25, 0.3) is 0 Å². The van der Waals surface area contributed by atoms with Gasteiger partial charge >= 0.3 is 12.1 Å². The van der Waals surface area contributed by atoms with Crippen molar-refractivity contribution in [1.29, 1.82) is 0 Å². The topological polar surface area (TPSA) is 80.3 Å². The van der Waals surface area contributed by atoms with E-state index in [2.05, 4.69) is 20.4 Å². The number of carbonyl (C=O) groups is 2. The highest BCUT2D eigenvalue weighted by molar-refractivity contribution is 6.31. The fourth-order valence-electron chi connectivity index (χ4n) is 2.69. The summed E-state index contributed by atoms with van der Waals surface area (Å²) in [5.41, 5.74) is -1.02. The molecule has 144 valence electrons. The van der Waals surface area contributed by atoms with Gasteiger partial charge in [0.1, 0.15) is 0 Å². The van der Waals surface area contributed by atoms with E-state index in [0.29, 0.717) is 19.2 Å². The lowest BCUT2D eigenvalue weighted by molar-refractivity contribution is -0.142. The van der Waals surface area contributed by atoms with Crippen molar-refractivity contribution in [3.05, 3.63) is 28.5 Å². The summed E-state index contributed by atoms with van der Waals surface area (Å²) in [5, 5.41) is 5.47. The van der Waals surface area contributed by atoms with Crippen molar-refractivity contribution in [2.24, 2.45) is 5.92 Å². The van der Waals surface area contributed by atoms with Crippen LogP contribution in [0, 0.1) is 5.92 Å². The lowest BCUT2D eigenvalue weighted by atomic mass is 9.97. The number of alkyl halides is 3. The van der Waals surface area contributed by atoms with Crippen LogP contribution in [-0.4, -0.2) is 37.1 Å². The predicted octanol–water partition coefficient (Wildman–Crippen LogP) is 2.47. The first-order valence-electron chi connectivity index (χ1n) is 8.03. The Morgan fingerprint density at radius 2 is 2.23 bits per heavy atom. The number of aromatic nitrogens is 1. The van der Waals surface area contributed by atoms with Crippen LogP contribution in [0.3, 0.4) is 0 Å². The first-order chi connectivity index (χ1) is 12.2. The maximum absolute atomic E-state index is 12.8. The van der Waals surface area contributed by atoms with Gasteiger partial charge in [-0.3, -0.25) is 14.6 Å². The molecule has 2 N–H and O–H groups in total. The maximum Gasteiger partial charge on any atom is 0.417 e. The zero-order chi connectivity index (χ0) is 19.3. The zero-order valence-electron chi connectivity index (χ0n) is 14.0. The van der Waals surface area contributed by atoms with Crippen LogP contribution in [0.1, 0.15) is 36.6 Å². The largest absolute Gasteiger partial charge is 0.469 e. The number of hydrogen-bond donors (Lipinski definition) is 2. The zero-order valence-corrected chi connectivity index (χ0v) is 14.8. The molecule has 1 fully saturated rings. The number of carbonyl (C=O) groups excluding carboxylic acids is 2. The fourth-order valence-corrected chi connectivity index (χ4v) is 2.99. The third-order valence-electron chi connectivity index (χ3n) is 4.11. The van der Waals surface area contributed by atoms with Gasteiger partial charge in [-0.25, -0.2) is 0 Å². The minimum atomic E-state index is -4.59. The minimum Gasteiger partial charge on any atom is -0.469 e. The molecule has 1 aromatic rings. The highest BCUT2D eigenvalue weighted by Gasteiger charge is 2.33. The van der Waals surface area contributed by atoms with Crippen molar-refractivity contribution in [3.8, 4) is 0 Å². The lowest BCUT2D eigenvalue weighted by Crippen LogP contribution is -2.42. The van der Waals surface area contributed by atoms with Crippen LogP contribution >= 0.6 is 11.6 Å². The van der Waals surface area contributed by atoms with E-state index in [4.69, 9.17) is 11.6 Å². The van der Waals surface area contributed by atoms with Gasteiger partial charge in [-0.05, 0) is 25.5 Å². The molecule has 0 bridgehead atoms. The molecule has 1 aliphatic heterocycles. The quantitative estimate of drug-likeness (QED) is 0.751. The van der Waals surface area contributed by atoms with E-state index in [1.54, 1.807) is 0 Å². The molecule has 0 aliphatic carbocycles. The Balaban J connectivity index is 2.23. The summed E-state index contributed by atoms with van der Waals surface area (Å²) < 4.78 is 42.9. The number of methoxy groups -OCH3 is 1. The van der Waals surface area contributed by atoms with Crippen LogP contribution in [0.5, 0.6) is 0 Å². The monoisotopic (exact) mass is 393 g/mol. The van der Waals surface area contributed by atoms with Gasteiger partial charge < -0.3 is 15.4 Å². The summed E-state index contributed by atoms with van der Waals surface area (Å²) in [6.07, 6.45) is -2.75. The highest BCUT2D eigenvalue weighted by atomic mass is 35.5. The number of nitrogens with zero attached hydrogens (tertiary/aromatic N) is 1. The first kappa shape index (κ1) is 20.4. The van der Waals surface area contributed by atoms with Crippen molar-refractivity contribution in [2.75, 3.05) is 20.2 Å². The Bertz CT molecular complexity index is 664. The third kappa shape index (κ3) is 5.31. The van der Waals surface area contributed by atoms with Gasteiger partial charge in [0.15, 0.2) is 0 Å². The number of pyridine rings is 1. The second kappa shape index (κ2) is 8.68. The number of halogens is 4. The van der Waals surface area contributed by atoms with Gasteiger partial charge in [-0.2, -0.15) is 13.2 Å². The normalized spacial score (nSPS) is 18.9. The molecule has 2 rings (SSSR count). The van der Waals surface area contributed by atoms with E-state index >= 15 is 0 Å². The Labute approximate surface area is 153 Å². The van der Waals surface area contributed by atoms with Gasteiger partial charge in [0.2, 0.25) is 5.91 Å². The van der Waals surface area contributed by atoms with Crippen molar-refractivity contribution < 1.29 is 27.5 Å². The highest BCUT2D eigenvalue weighted by Crippen LogP contribution is 2.33. The van der Waals surface area contributed by atoms with Crippen LogP contribution < -0.4 is 10.6 Å². The predicted molar refractivity (Wildman–Crippen MR) is 87.4 cm³/mol. The van der Waals surface area contributed by atoms with Crippen LogP contribution in [0.15, 0.2) is 12.3 Å². The Morgan fingerprint density at radius 1 is 1.50 bits per heavy atom. The maximum atomic E-state index is 12.8. The third-order valence-corrected chi connectivity index (χ3v) is 4.41. The molecule has 0 saturated carbocycles. The molecule has 0 spiro atoms. The first-order valence-corrected chi connectivity index (χ1v) is 8.40. The van der Waals surface area contributed by atoms with Crippen LogP contribution in [0.25, 0.3) is 0 Å². The SMILES string of the molecule is COC(=O)C[C@H](NC(=O)[C@@H]1CCCNC1)c1ncc(C(F)(F)F)cc1Cl. The second-order valence-corrected chi connectivity index (χ2v) is 6.38. The van der Waals surface area contributed by atoms with E-state index < -0.39 is 23.8 Å². The summed E-state index contributed by atoms with van der Waals surface area (Å²) in [6.45, 7) is 1.31. The van der Waals surface area contributed by atoms with Crippen LogP contribution in [0.2, 0.25) is 5.02 Å². The van der Waals surface area contributed by atoms with Crippen LogP contribution in [-0.2, 0) is 20.5 Å². The molecule has 0 unspecified atom stereocenters. The minimum absolute atomic E-state index is 0.0119.